The molecule has 0 saturated heterocycles. The number of esters is 1. The lowest BCUT2D eigenvalue weighted by Crippen LogP contribution is -2.31. The lowest BCUT2D eigenvalue weighted by Gasteiger charge is -2.24. The molecule has 2 unspecified atom stereocenters. The number of aromatic nitrogens is 1. The number of rotatable bonds is 4. The third-order valence-electron chi connectivity index (χ3n) is 4.19. The number of pyridine rings is 1. The molecule has 1 aliphatic heterocycles. The number of thiocarbonyl (C=S) groups is 1. The number of carbonyl (C=O) groups excluding carboxylic acids is 1. The highest BCUT2D eigenvalue weighted by Gasteiger charge is 2.40. The smallest absolute Gasteiger partial charge is 0.433 e. The molecule has 5 nitrogen and oxygen atoms in total. The van der Waals surface area contributed by atoms with Crippen molar-refractivity contribution >= 4 is 40.5 Å². The van der Waals surface area contributed by atoms with Crippen LogP contribution in [0.5, 0.6) is 0 Å². The first-order chi connectivity index (χ1) is 13.7. The number of nitrogens with zero attached hydrogens (tertiary/aromatic N) is 1. The van der Waals surface area contributed by atoms with Crippen molar-refractivity contribution in [3.05, 3.63) is 58.4 Å². The minimum atomic E-state index is -4.70. The van der Waals surface area contributed by atoms with E-state index in [0.29, 0.717) is 16.3 Å². The molecule has 29 heavy (non-hydrogen) atoms. The van der Waals surface area contributed by atoms with E-state index in [1.807, 2.05) is 0 Å². The fourth-order valence-corrected chi connectivity index (χ4v) is 3.43. The molecular weight excluding hydrogens is 429 g/mol. The number of ether oxygens (including phenoxy) is 2. The van der Waals surface area contributed by atoms with Crippen LogP contribution < -0.4 is 5.32 Å². The van der Waals surface area contributed by atoms with Crippen LogP contribution in [0.3, 0.4) is 0 Å². The summed E-state index contributed by atoms with van der Waals surface area (Å²) < 4.78 is 51.6. The van der Waals surface area contributed by atoms with E-state index >= 15 is 0 Å². The summed E-state index contributed by atoms with van der Waals surface area (Å²) >= 11 is 11.4. The molecule has 2 atom stereocenters. The number of nitrogens with one attached hydrogen (secondary N) is 1. The van der Waals surface area contributed by atoms with E-state index < -0.39 is 30.0 Å². The van der Waals surface area contributed by atoms with Gasteiger partial charge in [0, 0.05) is 28.0 Å². The van der Waals surface area contributed by atoms with Crippen LogP contribution in [0.15, 0.2) is 36.5 Å². The molecular formula is C19H16ClF3N2O3S. The second-order valence-electron chi connectivity index (χ2n) is 6.17. The first-order valence-electron chi connectivity index (χ1n) is 8.64. The van der Waals surface area contributed by atoms with E-state index in [9.17, 15) is 18.0 Å². The molecule has 1 aliphatic rings. The molecule has 0 amide bonds. The number of fused-ring (bicyclic) bond motifs is 1. The average molecular weight is 445 g/mol. The lowest BCUT2D eigenvalue weighted by molar-refractivity contribution is -0.147. The van der Waals surface area contributed by atoms with Crippen LogP contribution in [0.2, 0.25) is 5.02 Å². The van der Waals surface area contributed by atoms with Crippen LogP contribution in [0.1, 0.15) is 36.3 Å². The number of benzene rings is 1. The highest BCUT2D eigenvalue weighted by atomic mass is 35.5. The van der Waals surface area contributed by atoms with Crippen molar-refractivity contribution in [2.45, 2.75) is 31.7 Å². The summed E-state index contributed by atoms with van der Waals surface area (Å²) in [4.78, 5) is 15.6. The molecule has 0 saturated carbocycles. The van der Waals surface area contributed by atoms with Crippen LogP contribution in [-0.2, 0) is 20.4 Å². The molecule has 1 aromatic heterocycles. The topological polar surface area (TPSA) is 60.5 Å². The minimum Gasteiger partial charge on any atom is -0.466 e. The summed E-state index contributed by atoms with van der Waals surface area (Å²) in [6, 6.07) is 7.33. The fraction of sp³-hybridized carbons (Fsp3) is 0.316. The SMILES string of the molecule is CCOC(=O)CC1OC(c2cccnc2C(F)(F)F)c2cc(Cl)ccc2NC1=S. The van der Waals surface area contributed by atoms with Gasteiger partial charge in [0.2, 0.25) is 0 Å². The van der Waals surface area contributed by atoms with Crippen molar-refractivity contribution in [3.63, 3.8) is 0 Å². The van der Waals surface area contributed by atoms with Gasteiger partial charge in [-0.3, -0.25) is 9.78 Å². The molecule has 154 valence electrons. The maximum absolute atomic E-state index is 13.6. The largest absolute Gasteiger partial charge is 0.466 e. The average Bonchev–Trinajstić information content (AvgIpc) is 2.78. The van der Waals surface area contributed by atoms with Crippen molar-refractivity contribution in [1.29, 1.82) is 0 Å². The zero-order valence-electron chi connectivity index (χ0n) is 15.1. The third-order valence-corrected chi connectivity index (χ3v) is 4.79. The zero-order chi connectivity index (χ0) is 21.2. The van der Waals surface area contributed by atoms with Gasteiger partial charge >= 0.3 is 12.1 Å². The molecule has 2 heterocycles. The van der Waals surface area contributed by atoms with Gasteiger partial charge in [0.25, 0.3) is 0 Å². The molecule has 0 aliphatic carbocycles. The standard InChI is InChI=1S/C19H16ClF3N2O3S/c1-2-27-15(26)9-14-18(29)25-13-6-5-10(20)8-12(13)16(28-14)11-4-3-7-24-17(11)19(21,22)23/h3-8,14,16H,2,9H2,1H3,(H,25,29). The fourth-order valence-electron chi connectivity index (χ4n) is 3.00. The third kappa shape index (κ3) is 4.85. The van der Waals surface area contributed by atoms with Gasteiger partial charge in [-0.05, 0) is 31.2 Å². The predicted molar refractivity (Wildman–Crippen MR) is 105 cm³/mol. The first kappa shape index (κ1) is 21.5. The van der Waals surface area contributed by atoms with Gasteiger partial charge in [0.05, 0.1) is 13.0 Å². The van der Waals surface area contributed by atoms with Crippen LogP contribution in [0, 0.1) is 0 Å². The van der Waals surface area contributed by atoms with Crippen molar-refractivity contribution in [3.8, 4) is 0 Å². The molecule has 0 spiro atoms. The molecule has 2 aromatic rings. The molecule has 1 N–H and O–H groups in total. The van der Waals surface area contributed by atoms with Crippen LogP contribution in [0.4, 0.5) is 18.9 Å². The molecule has 0 fully saturated rings. The van der Waals surface area contributed by atoms with Crippen molar-refractivity contribution in [2.75, 3.05) is 11.9 Å². The Labute approximate surface area is 175 Å². The summed E-state index contributed by atoms with van der Waals surface area (Å²) in [5, 5.41) is 3.25. The van der Waals surface area contributed by atoms with Gasteiger partial charge in [0.15, 0.2) is 5.69 Å². The number of anilines is 1. The molecule has 3 rings (SSSR count). The van der Waals surface area contributed by atoms with Crippen LogP contribution in [-0.4, -0.2) is 28.7 Å². The molecule has 1 aromatic carbocycles. The summed E-state index contributed by atoms with van der Waals surface area (Å²) in [6.07, 6.45) is -6.10. The Hall–Kier alpha value is -2.23. The maximum Gasteiger partial charge on any atom is 0.433 e. The number of alkyl halides is 3. The normalized spacial score (nSPS) is 19.1. The summed E-state index contributed by atoms with van der Waals surface area (Å²) in [7, 11) is 0. The quantitative estimate of drug-likeness (QED) is 0.532. The van der Waals surface area contributed by atoms with Crippen LogP contribution in [0.25, 0.3) is 0 Å². The Morgan fingerprint density at radius 1 is 1.34 bits per heavy atom. The maximum atomic E-state index is 13.6. The van der Waals surface area contributed by atoms with Gasteiger partial charge in [0.1, 0.15) is 17.2 Å². The van der Waals surface area contributed by atoms with Gasteiger partial charge in [-0.1, -0.05) is 29.9 Å². The Morgan fingerprint density at radius 3 is 2.79 bits per heavy atom. The van der Waals surface area contributed by atoms with E-state index in [-0.39, 0.29) is 23.6 Å². The van der Waals surface area contributed by atoms with Gasteiger partial charge in [-0.2, -0.15) is 13.2 Å². The Morgan fingerprint density at radius 2 is 2.10 bits per heavy atom. The van der Waals surface area contributed by atoms with Gasteiger partial charge in [-0.15, -0.1) is 0 Å². The van der Waals surface area contributed by atoms with E-state index in [4.69, 9.17) is 33.3 Å². The Balaban J connectivity index is 2.11. The number of halogens is 4. The molecule has 10 heteroatoms. The van der Waals surface area contributed by atoms with Crippen molar-refractivity contribution in [2.24, 2.45) is 0 Å². The monoisotopic (exact) mass is 444 g/mol. The highest BCUT2D eigenvalue weighted by molar-refractivity contribution is 7.80. The minimum absolute atomic E-state index is 0.154. The van der Waals surface area contributed by atoms with E-state index in [1.54, 1.807) is 19.1 Å². The Kier molecular flexibility index (Phi) is 6.40. The second kappa shape index (κ2) is 8.64. The van der Waals surface area contributed by atoms with Crippen molar-refractivity contribution < 1.29 is 27.4 Å². The van der Waals surface area contributed by atoms with Crippen LogP contribution >= 0.6 is 23.8 Å². The van der Waals surface area contributed by atoms with Gasteiger partial charge in [-0.25, -0.2) is 0 Å². The first-order valence-corrected chi connectivity index (χ1v) is 9.42. The second-order valence-corrected chi connectivity index (χ2v) is 7.05. The number of carbonyl (C=O) groups is 1. The lowest BCUT2D eigenvalue weighted by atomic mass is 9.98. The molecule has 0 bridgehead atoms. The summed E-state index contributed by atoms with van der Waals surface area (Å²) in [6.45, 7) is 1.81. The zero-order valence-corrected chi connectivity index (χ0v) is 16.7. The predicted octanol–water partition coefficient (Wildman–Crippen LogP) is 4.93. The summed E-state index contributed by atoms with van der Waals surface area (Å²) in [5.74, 6) is -0.577. The molecule has 0 radical (unpaired) electrons. The van der Waals surface area contributed by atoms with E-state index in [0.717, 1.165) is 6.20 Å². The number of hydrogen-bond acceptors (Lipinski definition) is 5. The Bertz CT molecular complexity index is 939. The van der Waals surface area contributed by atoms with E-state index in [2.05, 4.69) is 10.3 Å². The highest BCUT2D eigenvalue weighted by Crippen LogP contribution is 2.42. The number of hydrogen-bond donors (Lipinski definition) is 1. The van der Waals surface area contributed by atoms with Gasteiger partial charge < -0.3 is 14.8 Å². The van der Waals surface area contributed by atoms with Crippen molar-refractivity contribution in [1.82, 2.24) is 4.98 Å². The van der Waals surface area contributed by atoms with E-state index in [1.165, 1.54) is 18.2 Å². The summed E-state index contributed by atoms with van der Waals surface area (Å²) in [5.41, 5.74) is -0.500.